The van der Waals surface area contributed by atoms with Gasteiger partial charge in [0, 0.05) is 5.56 Å². The summed E-state index contributed by atoms with van der Waals surface area (Å²) in [4.78, 5) is 4.82. The highest BCUT2D eigenvalue weighted by Gasteiger charge is 2.30. The molecule has 0 aliphatic rings. The highest BCUT2D eigenvalue weighted by molar-refractivity contribution is 5.97. The molecule has 0 amide bonds. The summed E-state index contributed by atoms with van der Waals surface area (Å²) in [5, 5.41) is 13.0. The van der Waals surface area contributed by atoms with Gasteiger partial charge >= 0.3 is 6.18 Å². The number of aliphatic hydroxyl groups excluding tert-OH is 1. The maximum absolute atomic E-state index is 12.6. The van der Waals surface area contributed by atoms with E-state index < -0.39 is 17.8 Å². The fraction of sp³-hybridized carbons (Fsp3) is 0.500. The molecule has 1 rings (SSSR count). The van der Waals surface area contributed by atoms with Gasteiger partial charge in [-0.2, -0.15) is 13.2 Å². The first-order valence-corrected chi connectivity index (χ1v) is 6.63. The van der Waals surface area contributed by atoms with Crippen molar-refractivity contribution >= 4 is 5.84 Å². The lowest BCUT2D eigenvalue weighted by molar-refractivity contribution is -0.137. The largest absolute Gasteiger partial charge is 0.416 e. The molecule has 1 atom stereocenters. The first-order valence-electron chi connectivity index (χ1n) is 6.63. The van der Waals surface area contributed by atoms with Crippen LogP contribution in [0.4, 0.5) is 13.2 Å². The van der Waals surface area contributed by atoms with Gasteiger partial charge in [0.2, 0.25) is 0 Å². The predicted octanol–water partition coefficient (Wildman–Crippen LogP) is 2.13. The molecule has 3 N–H and O–H groups in total. The Morgan fingerprint density at radius 1 is 1.32 bits per heavy atom. The lowest BCUT2D eigenvalue weighted by Crippen LogP contribution is -2.23. The highest BCUT2D eigenvalue weighted by atomic mass is 19.4. The number of alkyl halides is 3. The second-order valence-electron chi connectivity index (χ2n) is 4.89. The van der Waals surface area contributed by atoms with Crippen molar-refractivity contribution in [1.82, 2.24) is 0 Å². The van der Waals surface area contributed by atoms with Crippen molar-refractivity contribution in [3.63, 3.8) is 0 Å². The van der Waals surface area contributed by atoms with Crippen LogP contribution in [0.25, 0.3) is 0 Å². The van der Waals surface area contributed by atoms with E-state index in [2.05, 4.69) is 5.16 Å². The smallest absolute Gasteiger partial charge is 0.391 e. The van der Waals surface area contributed by atoms with Gasteiger partial charge in [-0.3, -0.25) is 0 Å². The van der Waals surface area contributed by atoms with E-state index in [1.165, 1.54) is 12.1 Å². The van der Waals surface area contributed by atoms with Gasteiger partial charge in [-0.1, -0.05) is 17.3 Å². The summed E-state index contributed by atoms with van der Waals surface area (Å²) in [5.41, 5.74) is 4.82. The second kappa shape index (κ2) is 8.00. The molecule has 1 aromatic rings. The second-order valence-corrected chi connectivity index (χ2v) is 4.89. The van der Waals surface area contributed by atoms with Gasteiger partial charge < -0.3 is 20.4 Å². The zero-order chi connectivity index (χ0) is 16.8. The average molecular weight is 320 g/mol. The molecule has 1 unspecified atom stereocenters. The Kier molecular flexibility index (Phi) is 6.63. The van der Waals surface area contributed by atoms with Crippen molar-refractivity contribution in [2.45, 2.75) is 32.2 Å². The Morgan fingerprint density at radius 3 is 2.59 bits per heavy atom. The van der Waals surface area contributed by atoms with E-state index in [4.69, 9.17) is 15.3 Å². The first kappa shape index (κ1) is 18.2. The third-order valence-corrected chi connectivity index (χ3v) is 2.54. The number of nitrogens with two attached hydrogens (primary N) is 1. The van der Waals surface area contributed by atoms with Crippen LogP contribution in [0.15, 0.2) is 29.4 Å². The standard InChI is InChI=1S/C14H19F3N2O3/c1-9(2)21-7-12(20)8-22-19-13(18)10-4-3-5-11(6-10)14(15,16)17/h3-6,9,12,20H,7-8H2,1-2H3,(H2,18,19). The van der Waals surface area contributed by atoms with Crippen LogP contribution in [-0.2, 0) is 15.8 Å². The van der Waals surface area contributed by atoms with E-state index in [0.29, 0.717) is 0 Å². The molecule has 0 aromatic heterocycles. The molecule has 0 fully saturated rings. The minimum absolute atomic E-state index is 0.0340. The van der Waals surface area contributed by atoms with E-state index in [9.17, 15) is 18.3 Å². The van der Waals surface area contributed by atoms with Crippen LogP contribution in [0.2, 0.25) is 0 Å². The van der Waals surface area contributed by atoms with Crippen LogP contribution in [0.5, 0.6) is 0 Å². The molecule has 0 aliphatic heterocycles. The zero-order valence-electron chi connectivity index (χ0n) is 12.3. The predicted molar refractivity (Wildman–Crippen MR) is 75.2 cm³/mol. The third-order valence-electron chi connectivity index (χ3n) is 2.54. The molecule has 0 heterocycles. The number of halogens is 3. The molecular formula is C14H19F3N2O3. The van der Waals surface area contributed by atoms with Crippen LogP contribution in [0, 0.1) is 0 Å². The molecule has 1 aromatic carbocycles. The summed E-state index contributed by atoms with van der Waals surface area (Å²) in [6, 6.07) is 4.42. The van der Waals surface area contributed by atoms with E-state index in [0.717, 1.165) is 12.1 Å². The van der Waals surface area contributed by atoms with Crippen LogP contribution in [0.1, 0.15) is 25.0 Å². The van der Waals surface area contributed by atoms with Crippen LogP contribution in [-0.4, -0.2) is 36.4 Å². The summed E-state index contributed by atoms with van der Waals surface area (Å²) >= 11 is 0. The monoisotopic (exact) mass is 320 g/mol. The molecular weight excluding hydrogens is 301 g/mol. The number of hydrogen-bond donors (Lipinski definition) is 2. The quantitative estimate of drug-likeness (QED) is 0.458. The molecule has 124 valence electrons. The Labute approximate surface area is 126 Å². The zero-order valence-corrected chi connectivity index (χ0v) is 12.3. The fourth-order valence-corrected chi connectivity index (χ4v) is 1.45. The van der Waals surface area contributed by atoms with Gasteiger partial charge in [-0.15, -0.1) is 0 Å². The molecule has 22 heavy (non-hydrogen) atoms. The van der Waals surface area contributed by atoms with Crippen molar-refractivity contribution in [3.05, 3.63) is 35.4 Å². The Balaban J connectivity index is 2.58. The van der Waals surface area contributed by atoms with Crippen molar-refractivity contribution in [1.29, 1.82) is 0 Å². The maximum atomic E-state index is 12.6. The molecule has 0 saturated heterocycles. The number of ether oxygens (including phenoxy) is 1. The van der Waals surface area contributed by atoms with Crippen molar-refractivity contribution in [2.24, 2.45) is 10.9 Å². The lowest BCUT2D eigenvalue weighted by Gasteiger charge is -2.12. The van der Waals surface area contributed by atoms with Crippen molar-refractivity contribution < 1.29 is 27.9 Å². The molecule has 0 radical (unpaired) electrons. The van der Waals surface area contributed by atoms with Gasteiger partial charge in [0.25, 0.3) is 0 Å². The molecule has 8 heteroatoms. The molecule has 0 bridgehead atoms. The number of nitrogens with zero attached hydrogens (tertiary/aromatic N) is 1. The minimum atomic E-state index is -4.46. The Hall–Kier alpha value is -1.80. The van der Waals surface area contributed by atoms with Gasteiger partial charge in [0.05, 0.1) is 18.3 Å². The van der Waals surface area contributed by atoms with Crippen LogP contribution >= 0.6 is 0 Å². The maximum Gasteiger partial charge on any atom is 0.416 e. The summed E-state index contributed by atoms with van der Waals surface area (Å²) in [6.45, 7) is 3.53. The van der Waals surface area contributed by atoms with E-state index >= 15 is 0 Å². The van der Waals surface area contributed by atoms with Crippen LogP contribution in [0.3, 0.4) is 0 Å². The fourth-order valence-electron chi connectivity index (χ4n) is 1.45. The van der Waals surface area contributed by atoms with Crippen LogP contribution < -0.4 is 5.73 Å². The van der Waals surface area contributed by atoms with Crippen molar-refractivity contribution in [3.8, 4) is 0 Å². The summed E-state index contributed by atoms with van der Waals surface area (Å²) in [5.74, 6) is -0.205. The molecule has 0 aliphatic carbocycles. The van der Waals surface area contributed by atoms with E-state index in [-0.39, 0.29) is 30.7 Å². The van der Waals surface area contributed by atoms with Gasteiger partial charge in [0.1, 0.15) is 12.7 Å². The molecule has 0 spiro atoms. The molecule has 5 nitrogen and oxygen atoms in total. The van der Waals surface area contributed by atoms with Crippen molar-refractivity contribution in [2.75, 3.05) is 13.2 Å². The number of amidine groups is 1. The topological polar surface area (TPSA) is 77.1 Å². The van der Waals surface area contributed by atoms with E-state index in [1.54, 1.807) is 0 Å². The molecule has 0 saturated carbocycles. The van der Waals surface area contributed by atoms with Gasteiger partial charge in [-0.05, 0) is 26.0 Å². The summed E-state index contributed by atoms with van der Waals surface area (Å²) in [6.07, 6.45) is -5.39. The minimum Gasteiger partial charge on any atom is -0.391 e. The number of aliphatic hydroxyl groups is 1. The number of benzene rings is 1. The Morgan fingerprint density at radius 2 is 2.00 bits per heavy atom. The summed E-state index contributed by atoms with van der Waals surface area (Å²) in [7, 11) is 0. The third kappa shape index (κ3) is 6.31. The van der Waals surface area contributed by atoms with Gasteiger partial charge in [0.15, 0.2) is 5.84 Å². The van der Waals surface area contributed by atoms with Gasteiger partial charge in [-0.25, -0.2) is 0 Å². The number of rotatable bonds is 7. The number of hydrogen-bond acceptors (Lipinski definition) is 4. The van der Waals surface area contributed by atoms with E-state index in [1.807, 2.05) is 13.8 Å². The normalized spacial score (nSPS) is 14.2. The highest BCUT2D eigenvalue weighted by Crippen LogP contribution is 2.29. The number of oxime groups is 1. The lowest BCUT2D eigenvalue weighted by atomic mass is 10.1. The summed E-state index contributed by atoms with van der Waals surface area (Å²) < 4.78 is 42.9. The SMILES string of the molecule is CC(C)OCC(O)CO/N=C(/N)c1cccc(C(F)(F)F)c1. The first-order chi connectivity index (χ1) is 10.2. The Bertz CT molecular complexity index is 504. The average Bonchev–Trinajstić information content (AvgIpc) is 2.44.